The van der Waals surface area contributed by atoms with Gasteiger partial charge in [0.15, 0.2) is 0 Å². The molecule has 1 aromatic carbocycles. The fourth-order valence-corrected chi connectivity index (χ4v) is 2.14. The van der Waals surface area contributed by atoms with E-state index in [1.165, 1.54) is 10.6 Å². The number of benzene rings is 1. The van der Waals surface area contributed by atoms with Crippen LogP contribution in [0.4, 0.5) is 0 Å². The molecule has 0 fully saturated rings. The van der Waals surface area contributed by atoms with E-state index in [0.29, 0.717) is 0 Å². The van der Waals surface area contributed by atoms with E-state index < -0.39 is 0 Å². The number of hydrogen-bond acceptors (Lipinski definition) is 1. The van der Waals surface area contributed by atoms with E-state index >= 15 is 0 Å². The second-order valence-electron chi connectivity index (χ2n) is 4.87. The Morgan fingerprint density at radius 2 is 1.94 bits per heavy atom. The fraction of sp³-hybridized carbons (Fsp3) is 0.200. The zero-order valence-electron chi connectivity index (χ0n) is 9.53. The zero-order valence-corrected chi connectivity index (χ0v) is 9.53. The third-order valence-corrected chi connectivity index (χ3v) is 2.95. The second-order valence-corrected chi connectivity index (χ2v) is 4.87. The van der Waals surface area contributed by atoms with Gasteiger partial charge in [0.05, 0.1) is 0 Å². The van der Waals surface area contributed by atoms with Crippen LogP contribution in [0.2, 0.25) is 0 Å². The maximum atomic E-state index is 5.88. The van der Waals surface area contributed by atoms with Crippen LogP contribution in [0.3, 0.4) is 0 Å². The molecular weight excluding hydrogens is 196 g/mol. The highest BCUT2D eigenvalue weighted by molar-refractivity contribution is 5.79. The molecule has 0 saturated heterocycles. The van der Waals surface area contributed by atoms with Gasteiger partial charge in [0, 0.05) is 16.0 Å². The zero-order chi connectivity index (χ0) is 11.2. The summed E-state index contributed by atoms with van der Waals surface area (Å²) in [7, 11) is 0. The van der Waals surface area contributed by atoms with Crippen molar-refractivity contribution < 1.29 is 4.42 Å². The van der Waals surface area contributed by atoms with Crippen molar-refractivity contribution >= 4 is 23.1 Å². The molecule has 1 heteroatoms. The number of furan rings is 1. The number of para-hydroxylation sites is 1. The van der Waals surface area contributed by atoms with E-state index in [4.69, 9.17) is 4.42 Å². The highest BCUT2D eigenvalue weighted by Crippen LogP contribution is 2.20. The lowest BCUT2D eigenvalue weighted by molar-refractivity contribution is 0.559. The monoisotopic (exact) mass is 210 g/mol. The molecule has 1 aliphatic rings. The van der Waals surface area contributed by atoms with E-state index in [1.807, 2.05) is 18.2 Å². The third kappa shape index (κ3) is 1.40. The summed E-state index contributed by atoms with van der Waals surface area (Å²) in [5.41, 5.74) is 2.00. The molecule has 0 bridgehead atoms. The molecule has 0 atom stereocenters. The predicted molar refractivity (Wildman–Crippen MR) is 67.3 cm³/mol. The van der Waals surface area contributed by atoms with E-state index in [-0.39, 0.29) is 5.41 Å². The molecule has 0 unspecified atom stereocenters. The minimum atomic E-state index is 0.0512. The molecule has 1 nitrogen and oxygen atoms in total. The summed E-state index contributed by atoms with van der Waals surface area (Å²) >= 11 is 0. The van der Waals surface area contributed by atoms with Crippen molar-refractivity contribution in [1.82, 2.24) is 0 Å². The van der Waals surface area contributed by atoms with Gasteiger partial charge in [-0.2, -0.15) is 0 Å². The van der Waals surface area contributed by atoms with Crippen molar-refractivity contribution in [2.75, 3.05) is 0 Å². The first-order valence-corrected chi connectivity index (χ1v) is 5.56. The summed E-state index contributed by atoms with van der Waals surface area (Å²) in [5.74, 6) is 0. The highest BCUT2D eigenvalue weighted by atomic mass is 16.3. The number of hydrogen-bond donors (Lipinski definition) is 0. The molecule has 16 heavy (non-hydrogen) atoms. The Hall–Kier alpha value is -1.76. The summed E-state index contributed by atoms with van der Waals surface area (Å²) in [6, 6.07) is 8.17. The summed E-state index contributed by atoms with van der Waals surface area (Å²) < 4.78 is 5.88. The topological polar surface area (TPSA) is 13.1 Å². The van der Waals surface area contributed by atoms with E-state index in [1.54, 1.807) is 0 Å². The summed E-state index contributed by atoms with van der Waals surface area (Å²) in [6.07, 6.45) is 8.62. The molecule has 0 amide bonds. The first-order valence-electron chi connectivity index (χ1n) is 5.56. The standard InChI is InChI=1S/C15H14O/c1-15(2)9-5-7-12-11-6-3-4-8-13(11)16-14(12)10-15/h3-10H,1-2H3. The van der Waals surface area contributed by atoms with Crippen molar-refractivity contribution in [3.8, 4) is 0 Å². The normalized spacial score (nSPS) is 17.4. The first-order chi connectivity index (χ1) is 7.66. The first kappa shape index (κ1) is 9.46. The van der Waals surface area contributed by atoms with Crippen LogP contribution in [0.5, 0.6) is 0 Å². The van der Waals surface area contributed by atoms with Crippen molar-refractivity contribution in [3.63, 3.8) is 0 Å². The average Bonchev–Trinajstić information content (AvgIpc) is 2.48. The Kier molecular flexibility index (Phi) is 1.84. The third-order valence-electron chi connectivity index (χ3n) is 2.95. The smallest absolute Gasteiger partial charge is 0.135 e. The molecule has 1 aliphatic carbocycles. The average molecular weight is 210 g/mol. The van der Waals surface area contributed by atoms with Crippen molar-refractivity contribution in [3.05, 3.63) is 47.1 Å². The maximum absolute atomic E-state index is 5.88. The Morgan fingerprint density at radius 1 is 1.12 bits per heavy atom. The van der Waals surface area contributed by atoms with Gasteiger partial charge < -0.3 is 4.42 Å². The fourth-order valence-electron chi connectivity index (χ4n) is 2.14. The molecule has 0 N–H and O–H groups in total. The van der Waals surface area contributed by atoms with E-state index in [2.05, 4.69) is 44.2 Å². The van der Waals surface area contributed by atoms with Crippen LogP contribution in [-0.4, -0.2) is 0 Å². The van der Waals surface area contributed by atoms with E-state index in [9.17, 15) is 0 Å². The second kappa shape index (κ2) is 3.11. The van der Waals surface area contributed by atoms with Gasteiger partial charge in [0.1, 0.15) is 11.0 Å². The van der Waals surface area contributed by atoms with Crippen molar-refractivity contribution in [1.29, 1.82) is 0 Å². The number of rotatable bonds is 0. The van der Waals surface area contributed by atoms with Crippen molar-refractivity contribution in [2.45, 2.75) is 13.8 Å². The lowest BCUT2D eigenvalue weighted by atomic mass is 9.93. The SMILES string of the molecule is CC1(C)C=CC=c2c(oc3ccccc23)=C1. The predicted octanol–water partition coefficient (Wildman–Crippen LogP) is 2.59. The maximum Gasteiger partial charge on any atom is 0.135 e. The lowest BCUT2D eigenvalue weighted by Gasteiger charge is -2.11. The van der Waals surface area contributed by atoms with Gasteiger partial charge in [0.25, 0.3) is 0 Å². The summed E-state index contributed by atoms with van der Waals surface area (Å²) in [5, 5.41) is 2.38. The molecule has 0 aliphatic heterocycles. The lowest BCUT2D eigenvalue weighted by Crippen LogP contribution is -2.21. The van der Waals surface area contributed by atoms with Crippen LogP contribution in [0.1, 0.15) is 13.8 Å². The molecule has 80 valence electrons. The molecule has 1 heterocycles. The Bertz CT molecular complexity index is 684. The van der Waals surface area contributed by atoms with Gasteiger partial charge in [-0.15, -0.1) is 0 Å². The molecule has 0 saturated carbocycles. The van der Waals surface area contributed by atoms with Crippen LogP contribution in [-0.2, 0) is 0 Å². The summed E-state index contributed by atoms with van der Waals surface area (Å²) in [4.78, 5) is 0. The van der Waals surface area contributed by atoms with Gasteiger partial charge in [-0.25, -0.2) is 0 Å². The summed E-state index contributed by atoms with van der Waals surface area (Å²) in [6.45, 7) is 4.36. The van der Waals surface area contributed by atoms with Crippen LogP contribution >= 0.6 is 0 Å². The van der Waals surface area contributed by atoms with Crippen LogP contribution in [0.15, 0.2) is 40.8 Å². The Morgan fingerprint density at radius 3 is 2.81 bits per heavy atom. The number of fused-ring (bicyclic) bond motifs is 3. The Labute approximate surface area is 94.4 Å². The van der Waals surface area contributed by atoms with Crippen LogP contribution in [0, 0.1) is 5.41 Å². The molecule has 0 spiro atoms. The van der Waals surface area contributed by atoms with Gasteiger partial charge in [-0.3, -0.25) is 0 Å². The van der Waals surface area contributed by atoms with Gasteiger partial charge in [0.2, 0.25) is 0 Å². The quantitative estimate of drug-likeness (QED) is 0.651. The molecule has 1 aromatic heterocycles. The number of allylic oxidation sites excluding steroid dienone is 2. The highest BCUT2D eigenvalue weighted by Gasteiger charge is 2.13. The molecule has 2 aromatic rings. The van der Waals surface area contributed by atoms with Crippen molar-refractivity contribution in [2.24, 2.45) is 5.41 Å². The molecule has 3 rings (SSSR count). The van der Waals surface area contributed by atoms with Crippen LogP contribution in [0.25, 0.3) is 23.1 Å². The molecule has 0 radical (unpaired) electrons. The molecular formula is C15H14O. The van der Waals surface area contributed by atoms with Gasteiger partial charge in [-0.1, -0.05) is 50.3 Å². The van der Waals surface area contributed by atoms with E-state index in [0.717, 1.165) is 11.0 Å². The Balaban J connectivity index is 2.50. The largest absolute Gasteiger partial charge is 0.456 e. The minimum Gasteiger partial charge on any atom is -0.456 e. The van der Waals surface area contributed by atoms with Gasteiger partial charge >= 0.3 is 0 Å². The minimum absolute atomic E-state index is 0.0512. The van der Waals surface area contributed by atoms with Crippen LogP contribution < -0.4 is 10.6 Å². The van der Waals surface area contributed by atoms with Gasteiger partial charge in [-0.05, 0) is 12.1 Å².